The van der Waals surface area contributed by atoms with Gasteiger partial charge in [0.1, 0.15) is 5.75 Å². The Labute approximate surface area is 121 Å². The van der Waals surface area contributed by atoms with Crippen molar-refractivity contribution < 1.29 is 14.6 Å². The number of carbonyl (C=O) groups is 1. The fourth-order valence-electron chi connectivity index (χ4n) is 2.93. The Hall–Kier alpha value is -1.51. The first-order chi connectivity index (χ1) is 9.56. The maximum absolute atomic E-state index is 11.0. The molecule has 1 aliphatic carbocycles. The summed E-state index contributed by atoms with van der Waals surface area (Å²) in [6.45, 7) is 6.95. The molecule has 1 fully saturated rings. The van der Waals surface area contributed by atoms with Crippen LogP contribution in [0.1, 0.15) is 38.3 Å². The van der Waals surface area contributed by atoms with Gasteiger partial charge in [-0.05, 0) is 55.2 Å². The van der Waals surface area contributed by atoms with Gasteiger partial charge >= 0.3 is 5.97 Å². The number of aliphatic carboxylic acids is 1. The Balaban J connectivity index is 2.09. The maximum atomic E-state index is 11.0. The molecule has 3 heteroatoms. The largest absolute Gasteiger partial charge is 0.494 e. The molecule has 1 aliphatic rings. The van der Waals surface area contributed by atoms with E-state index in [-0.39, 0.29) is 5.92 Å². The zero-order valence-corrected chi connectivity index (χ0v) is 12.6. The highest BCUT2D eigenvalue weighted by molar-refractivity contribution is 5.73. The van der Waals surface area contributed by atoms with Crippen molar-refractivity contribution in [3.05, 3.63) is 29.3 Å². The normalized spacial score (nSPS) is 22.4. The first kappa shape index (κ1) is 14.9. The summed E-state index contributed by atoms with van der Waals surface area (Å²) < 4.78 is 5.70. The van der Waals surface area contributed by atoms with Crippen molar-refractivity contribution in [1.82, 2.24) is 0 Å². The fraction of sp³-hybridized carbons (Fsp3) is 0.588. The van der Waals surface area contributed by atoms with Crippen LogP contribution in [0.5, 0.6) is 5.75 Å². The predicted molar refractivity (Wildman–Crippen MR) is 79.1 cm³/mol. The molecular weight excluding hydrogens is 252 g/mol. The molecule has 0 aromatic heterocycles. The third-order valence-electron chi connectivity index (χ3n) is 4.26. The summed E-state index contributed by atoms with van der Waals surface area (Å²) >= 11 is 0. The molecule has 0 bridgehead atoms. The number of hydrogen-bond acceptors (Lipinski definition) is 2. The summed E-state index contributed by atoms with van der Waals surface area (Å²) in [6.07, 6.45) is 2.74. The maximum Gasteiger partial charge on any atom is 0.306 e. The van der Waals surface area contributed by atoms with Gasteiger partial charge in [0.05, 0.1) is 12.5 Å². The highest BCUT2D eigenvalue weighted by atomic mass is 16.5. The molecule has 3 nitrogen and oxygen atoms in total. The second-order valence-corrected chi connectivity index (χ2v) is 5.75. The average Bonchev–Trinajstić information content (AvgIpc) is 3.21. The number of aryl methyl sites for hydroxylation is 1. The molecule has 20 heavy (non-hydrogen) atoms. The van der Waals surface area contributed by atoms with Crippen LogP contribution in [-0.2, 0) is 17.6 Å². The van der Waals surface area contributed by atoms with Crippen LogP contribution in [0.3, 0.4) is 0 Å². The average molecular weight is 276 g/mol. The van der Waals surface area contributed by atoms with Crippen LogP contribution < -0.4 is 4.74 Å². The first-order valence-electron chi connectivity index (χ1n) is 7.54. The monoisotopic (exact) mass is 276 g/mol. The van der Waals surface area contributed by atoms with E-state index in [1.807, 2.05) is 13.0 Å². The molecule has 2 rings (SSSR count). The van der Waals surface area contributed by atoms with E-state index in [1.165, 1.54) is 11.1 Å². The summed E-state index contributed by atoms with van der Waals surface area (Å²) in [7, 11) is 0. The lowest BCUT2D eigenvalue weighted by Gasteiger charge is -2.16. The van der Waals surface area contributed by atoms with Gasteiger partial charge < -0.3 is 9.84 Å². The smallest absolute Gasteiger partial charge is 0.306 e. The standard InChI is InChI=1S/C17H24O3/c1-4-12-6-7-16(20-5-2)13(9-12)8-11(3)14-10-15(14)17(18)19/h6-7,9,11,14-15H,4-5,8,10H2,1-3H3,(H,18,19). The minimum atomic E-state index is -0.644. The van der Waals surface area contributed by atoms with Gasteiger partial charge in [0.15, 0.2) is 0 Å². The second-order valence-electron chi connectivity index (χ2n) is 5.75. The van der Waals surface area contributed by atoms with Gasteiger partial charge in [-0.25, -0.2) is 0 Å². The summed E-state index contributed by atoms with van der Waals surface area (Å²) in [5, 5.41) is 9.03. The molecule has 0 heterocycles. The number of carboxylic acid groups (broad SMARTS) is 1. The van der Waals surface area contributed by atoms with Gasteiger partial charge in [0, 0.05) is 0 Å². The van der Waals surface area contributed by atoms with Gasteiger partial charge in [0.25, 0.3) is 0 Å². The van der Waals surface area contributed by atoms with Crippen molar-refractivity contribution in [2.45, 2.75) is 40.0 Å². The summed E-state index contributed by atoms with van der Waals surface area (Å²) in [5.41, 5.74) is 2.52. The molecule has 0 amide bonds. The molecule has 0 aliphatic heterocycles. The van der Waals surface area contributed by atoms with Crippen LogP contribution in [0.15, 0.2) is 18.2 Å². The number of rotatable bonds is 7. The second kappa shape index (κ2) is 6.29. The van der Waals surface area contributed by atoms with Crippen LogP contribution in [0.4, 0.5) is 0 Å². The van der Waals surface area contributed by atoms with E-state index in [2.05, 4.69) is 26.0 Å². The number of benzene rings is 1. The van der Waals surface area contributed by atoms with Gasteiger partial charge in [-0.3, -0.25) is 4.79 Å². The van der Waals surface area contributed by atoms with Crippen molar-refractivity contribution in [3.63, 3.8) is 0 Å². The quantitative estimate of drug-likeness (QED) is 0.828. The molecule has 0 saturated heterocycles. The lowest BCUT2D eigenvalue weighted by Crippen LogP contribution is -2.09. The van der Waals surface area contributed by atoms with Crippen molar-refractivity contribution in [2.75, 3.05) is 6.61 Å². The molecule has 110 valence electrons. The van der Waals surface area contributed by atoms with E-state index < -0.39 is 5.97 Å². The van der Waals surface area contributed by atoms with E-state index in [0.29, 0.717) is 18.4 Å². The first-order valence-corrected chi connectivity index (χ1v) is 7.54. The third-order valence-corrected chi connectivity index (χ3v) is 4.26. The van der Waals surface area contributed by atoms with Crippen LogP contribution >= 0.6 is 0 Å². The number of hydrogen-bond donors (Lipinski definition) is 1. The fourth-order valence-corrected chi connectivity index (χ4v) is 2.93. The van der Waals surface area contributed by atoms with E-state index in [9.17, 15) is 4.79 Å². The highest BCUT2D eigenvalue weighted by Gasteiger charge is 2.46. The molecule has 3 atom stereocenters. The summed E-state index contributed by atoms with van der Waals surface area (Å²) in [5.74, 6) is 0.892. The minimum absolute atomic E-state index is 0.130. The SMILES string of the molecule is CCOc1ccc(CC)cc1CC(C)C1CC1C(=O)O. The van der Waals surface area contributed by atoms with Gasteiger partial charge in [-0.1, -0.05) is 26.0 Å². The van der Waals surface area contributed by atoms with Crippen molar-refractivity contribution in [3.8, 4) is 5.75 Å². The molecule has 0 spiro atoms. The number of ether oxygens (including phenoxy) is 1. The van der Waals surface area contributed by atoms with Gasteiger partial charge in [-0.2, -0.15) is 0 Å². The minimum Gasteiger partial charge on any atom is -0.494 e. The molecule has 1 aromatic rings. The number of carboxylic acids is 1. The zero-order chi connectivity index (χ0) is 14.7. The lowest BCUT2D eigenvalue weighted by molar-refractivity contribution is -0.139. The molecule has 1 N–H and O–H groups in total. The van der Waals surface area contributed by atoms with E-state index in [0.717, 1.165) is 25.0 Å². The Kier molecular flexibility index (Phi) is 4.69. The van der Waals surface area contributed by atoms with Gasteiger partial charge in [0.2, 0.25) is 0 Å². The van der Waals surface area contributed by atoms with E-state index in [4.69, 9.17) is 9.84 Å². The molecular formula is C17H24O3. The Bertz CT molecular complexity index is 481. The summed E-state index contributed by atoms with van der Waals surface area (Å²) in [4.78, 5) is 11.0. The highest BCUT2D eigenvalue weighted by Crippen LogP contribution is 2.46. The Morgan fingerprint density at radius 2 is 2.20 bits per heavy atom. The van der Waals surface area contributed by atoms with Crippen molar-refractivity contribution in [2.24, 2.45) is 17.8 Å². The van der Waals surface area contributed by atoms with Crippen LogP contribution in [0, 0.1) is 17.8 Å². The van der Waals surface area contributed by atoms with E-state index in [1.54, 1.807) is 0 Å². The van der Waals surface area contributed by atoms with Crippen molar-refractivity contribution >= 4 is 5.97 Å². The van der Waals surface area contributed by atoms with Gasteiger partial charge in [-0.15, -0.1) is 0 Å². The van der Waals surface area contributed by atoms with Crippen LogP contribution in [0.25, 0.3) is 0 Å². The third kappa shape index (κ3) is 3.33. The molecule has 1 aromatic carbocycles. The van der Waals surface area contributed by atoms with Crippen LogP contribution in [0.2, 0.25) is 0 Å². The Morgan fingerprint density at radius 3 is 2.75 bits per heavy atom. The van der Waals surface area contributed by atoms with Crippen molar-refractivity contribution in [1.29, 1.82) is 0 Å². The van der Waals surface area contributed by atoms with E-state index >= 15 is 0 Å². The molecule has 0 radical (unpaired) electrons. The molecule has 3 unspecified atom stereocenters. The Morgan fingerprint density at radius 1 is 1.45 bits per heavy atom. The molecule has 1 saturated carbocycles. The van der Waals surface area contributed by atoms with Crippen LogP contribution in [-0.4, -0.2) is 17.7 Å². The predicted octanol–water partition coefficient (Wildman–Crippen LogP) is 3.55. The lowest BCUT2D eigenvalue weighted by atomic mass is 9.93. The zero-order valence-electron chi connectivity index (χ0n) is 12.6. The topological polar surface area (TPSA) is 46.5 Å². The summed E-state index contributed by atoms with van der Waals surface area (Å²) in [6, 6.07) is 6.36.